The highest BCUT2D eigenvalue weighted by Gasteiger charge is 2.16. The number of rotatable bonds is 6. The normalized spacial score (nSPS) is 12.8. The molecule has 1 heterocycles. The van der Waals surface area contributed by atoms with E-state index in [1.165, 1.54) is 0 Å². The number of nitrogens with one attached hydrogen (secondary N) is 2. The van der Waals surface area contributed by atoms with Crippen molar-refractivity contribution in [2.24, 2.45) is 5.73 Å². The molecule has 1 unspecified atom stereocenters. The molecule has 1 aromatic heterocycles. The Morgan fingerprint density at radius 3 is 2.71 bits per heavy atom. The summed E-state index contributed by atoms with van der Waals surface area (Å²) in [5.74, 6) is 0.861. The lowest BCUT2D eigenvalue weighted by Crippen LogP contribution is -2.40. The third kappa shape index (κ3) is 3.81. The molecule has 4 N–H and O–H groups in total. The van der Waals surface area contributed by atoms with Crippen LogP contribution in [-0.4, -0.2) is 33.7 Å². The van der Waals surface area contributed by atoms with Gasteiger partial charge < -0.3 is 11.1 Å². The lowest BCUT2D eigenvalue weighted by Gasteiger charge is -2.14. The van der Waals surface area contributed by atoms with Crippen molar-refractivity contribution in [2.45, 2.75) is 45.6 Å². The van der Waals surface area contributed by atoms with Crippen LogP contribution < -0.4 is 11.1 Å². The number of H-pyrrole nitrogens is 1. The largest absolute Gasteiger partial charge is 0.345 e. The minimum absolute atomic E-state index is 0.00602. The zero-order valence-electron chi connectivity index (χ0n) is 10.7. The van der Waals surface area contributed by atoms with E-state index in [-0.39, 0.29) is 23.7 Å². The van der Waals surface area contributed by atoms with Crippen LogP contribution in [0.15, 0.2) is 0 Å². The predicted molar refractivity (Wildman–Crippen MR) is 65.7 cm³/mol. The number of aromatic nitrogens is 3. The van der Waals surface area contributed by atoms with Crippen LogP contribution in [0.25, 0.3) is 0 Å². The number of aromatic amines is 1. The molecule has 0 radical (unpaired) electrons. The fourth-order valence-corrected chi connectivity index (χ4v) is 1.48. The van der Waals surface area contributed by atoms with Crippen molar-refractivity contribution in [3.8, 4) is 0 Å². The molecule has 0 aliphatic carbocycles. The van der Waals surface area contributed by atoms with Gasteiger partial charge >= 0.3 is 0 Å². The number of amides is 1. The van der Waals surface area contributed by atoms with Crippen LogP contribution in [0.5, 0.6) is 0 Å². The predicted octanol–water partition coefficient (Wildman–Crippen LogP) is 0.785. The van der Waals surface area contributed by atoms with Crippen LogP contribution in [0.2, 0.25) is 0 Å². The smallest absolute Gasteiger partial charge is 0.291 e. The highest BCUT2D eigenvalue weighted by molar-refractivity contribution is 5.90. The van der Waals surface area contributed by atoms with E-state index in [2.05, 4.69) is 27.4 Å². The van der Waals surface area contributed by atoms with Gasteiger partial charge in [0.05, 0.1) is 0 Å². The maximum absolute atomic E-state index is 11.8. The minimum atomic E-state index is -0.267. The SMILES string of the molecule is CCCC(CN)NC(=O)c1n[nH]c(C(C)C)n1. The molecule has 0 bridgehead atoms. The third-order valence-electron chi connectivity index (χ3n) is 2.51. The summed E-state index contributed by atoms with van der Waals surface area (Å²) >= 11 is 0. The molecular formula is C11H21N5O. The number of nitrogens with zero attached hydrogens (tertiary/aromatic N) is 2. The first-order valence-electron chi connectivity index (χ1n) is 6.01. The number of hydrogen-bond acceptors (Lipinski definition) is 4. The molecule has 17 heavy (non-hydrogen) atoms. The van der Waals surface area contributed by atoms with Crippen molar-refractivity contribution >= 4 is 5.91 Å². The monoisotopic (exact) mass is 239 g/mol. The van der Waals surface area contributed by atoms with Crippen molar-refractivity contribution in [2.75, 3.05) is 6.54 Å². The van der Waals surface area contributed by atoms with Crippen LogP contribution >= 0.6 is 0 Å². The third-order valence-corrected chi connectivity index (χ3v) is 2.51. The fourth-order valence-electron chi connectivity index (χ4n) is 1.48. The molecule has 0 aliphatic heterocycles. The summed E-state index contributed by atoms with van der Waals surface area (Å²) in [5, 5.41) is 9.48. The van der Waals surface area contributed by atoms with Gasteiger partial charge in [0.1, 0.15) is 5.82 Å². The molecule has 0 fully saturated rings. The summed E-state index contributed by atoms with van der Waals surface area (Å²) < 4.78 is 0. The molecule has 6 heteroatoms. The Hall–Kier alpha value is -1.43. The molecule has 96 valence electrons. The van der Waals surface area contributed by atoms with Crippen molar-refractivity contribution < 1.29 is 4.79 Å². The van der Waals surface area contributed by atoms with Crippen molar-refractivity contribution in [1.29, 1.82) is 0 Å². The van der Waals surface area contributed by atoms with Gasteiger partial charge in [-0.15, -0.1) is 5.10 Å². The first-order chi connectivity index (χ1) is 8.08. The fraction of sp³-hybridized carbons (Fsp3) is 0.727. The van der Waals surface area contributed by atoms with Crippen LogP contribution in [0.3, 0.4) is 0 Å². The van der Waals surface area contributed by atoms with Gasteiger partial charge in [0, 0.05) is 18.5 Å². The maximum Gasteiger partial charge on any atom is 0.291 e. The Morgan fingerprint density at radius 2 is 2.24 bits per heavy atom. The van der Waals surface area contributed by atoms with Crippen LogP contribution in [0.4, 0.5) is 0 Å². The molecule has 0 aromatic carbocycles. The number of hydrogen-bond donors (Lipinski definition) is 3. The zero-order valence-corrected chi connectivity index (χ0v) is 10.7. The number of carbonyl (C=O) groups is 1. The summed E-state index contributed by atoms with van der Waals surface area (Å²) in [6, 6.07) is -0.00602. The quantitative estimate of drug-likeness (QED) is 0.683. The van der Waals surface area contributed by atoms with Crippen molar-refractivity contribution in [1.82, 2.24) is 20.5 Å². The molecule has 0 spiro atoms. The second-order valence-corrected chi connectivity index (χ2v) is 4.39. The van der Waals surface area contributed by atoms with Crippen LogP contribution in [-0.2, 0) is 0 Å². The Kier molecular flexibility index (Phi) is 5.09. The summed E-state index contributed by atoms with van der Waals surface area (Å²) in [4.78, 5) is 16.0. The maximum atomic E-state index is 11.8. The van der Waals surface area contributed by atoms with Crippen LogP contribution in [0.1, 0.15) is 56.0 Å². The molecular weight excluding hydrogens is 218 g/mol. The van der Waals surface area contributed by atoms with Gasteiger partial charge in [0.25, 0.3) is 5.91 Å². The Morgan fingerprint density at radius 1 is 1.53 bits per heavy atom. The highest BCUT2D eigenvalue weighted by Crippen LogP contribution is 2.07. The van der Waals surface area contributed by atoms with E-state index in [1.54, 1.807) is 0 Å². The van der Waals surface area contributed by atoms with E-state index in [0.717, 1.165) is 18.7 Å². The highest BCUT2D eigenvalue weighted by atomic mass is 16.2. The van der Waals surface area contributed by atoms with Gasteiger partial charge in [-0.05, 0) is 6.42 Å². The van der Waals surface area contributed by atoms with E-state index in [9.17, 15) is 4.79 Å². The Labute approximate surface area is 101 Å². The number of carbonyl (C=O) groups excluding carboxylic acids is 1. The van der Waals surface area contributed by atoms with E-state index in [0.29, 0.717) is 6.54 Å². The molecule has 1 atom stereocenters. The molecule has 6 nitrogen and oxygen atoms in total. The van der Waals surface area contributed by atoms with E-state index < -0.39 is 0 Å². The second kappa shape index (κ2) is 6.34. The zero-order chi connectivity index (χ0) is 12.8. The lowest BCUT2D eigenvalue weighted by molar-refractivity contribution is 0.0926. The lowest BCUT2D eigenvalue weighted by atomic mass is 10.1. The summed E-state index contributed by atoms with van der Waals surface area (Å²) in [5.41, 5.74) is 5.58. The second-order valence-electron chi connectivity index (χ2n) is 4.39. The molecule has 1 aromatic rings. The standard InChI is InChI=1S/C11H21N5O/c1-4-5-8(6-12)13-11(17)10-14-9(7(2)3)15-16-10/h7-8H,4-6,12H2,1-3H3,(H,13,17)(H,14,15,16). The summed E-state index contributed by atoms with van der Waals surface area (Å²) in [7, 11) is 0. The topological polar surface area (TPSA) is 96.7 Å². The van der Waals surface area contributed by atoms with Gasteiger partial charge in [-0.2, -0.15) is 0 Å². The number of nitrogens with two attached hydrogens (primary N) is 1. The van der Waals surface area contributed by atoms with Gasteiger partial charge in [-0.1, -0.05) is 27.2 Å². The average Bonchev–Trinajstić information content (AvgIpc) is 2.77. The average molecular weight is 239 g/mol. The van der Waals surface area contributed by atoms with Crippen LogP contribution in [0, 0.1) is 0 Å². The first kappa shape index (κ1) is 13.6. The molecule has 0 saturated heterocycles. The van der Waals surface area contributed by atoms with E-state index >= 15 is 0 Å². The van der Waals surface area contributed by atoms with Crippen molar-refractivity contribution in [3.05, 3.63) is 11.6 Å². The minimum Gasteiger partial charge on any atom is -0.345 e. The summed E-state index contributed by atoms with van der Waals surface area (Å²) in [6.45, 7) is 6.46. The molecule has 0 saturated carbocycles. The van der Waals surface area contributed by atoms with E-state index in [1.807, 2.05) is 13.8 Å². The molecule has 1 amide bonds. The molecule has 0 aliphatic rings. The molecule has 1 rings (SSSR count). The Balaban J connectivity index is 2.62. The van der Waals surface area contributed by atoms with Gasteiger partial charge in [-0.25, -0.2) is 4.98 Å². The Bertz CT molecular complexity index is 360. The summed E-state index contributed by atoms with van der Waals surface area (Å²) in [6.07, 6.45) is 1.84. The first-order valence-corrected chi connectivity index (χ1v) is 6.01. The van der Waals surface area contributed by atoms with Crippen molar-refractivity contribution in [3.63, 3.8) is 0 Å². The van der Waals surface area contributed by atoms with E-state index in [4.69, 9.17) is 5.73 Å². The van der Waals surface area contributed by atoms with Gasteiger partial charge in [0.15, 0.2) is 0 Å². The van der Waals surface area contributed by atoms with Gasteiger partial charge in [0.2, 0.25) is 5.82 Å². The van der Waals surface area contributed by atoms with Gasteiger partial charge in [-0.3, -0.25) is 9.89 Å².